The van der Waals surface area contributed by atoms with E-state index < -0.39 is 5.82 Å². The van der Waals surface area contributed by atoms with Crippen molar-refractivity contribution in [1.29, 1.82) is 0 Å². The van der Waals surface area contributed by atoms with Gasteiger partial charge in [0.05, 0.1) is 19.3 Å². The van der Waals surface area contributed by atoms with Crippen molar-refractivity contribution < 1.29 is 9.13 Å². The van der Waals surface area contributed by atoms with Gasteiger partial charge in [0.2, 0.25) is 23.8 Å². The predicted molar refractivity (Wildman–Crippen MR) is 129 cm³/mol. The summed E-state index contributed by atoms with van der Waals surface area (Å²) in [6.45, 7) is 3.47. The zero-order chi connectivity index (χ0) is 23.9. The minimum absolute atomic E-state index is 0.157. The number of nitrogens with zero attached hydrogens (tertiary/aromatic N) is 5. The number of aromatic nitrogens is 5. The van der Waals surface area contributed by atoms with Crippen LogP contribution in [0.1, 0.15) is 31.9 Å². The Labute approximate surface area is 197 Å². The Morgan fingerprint density at radius 1 is 1.18 bits per heavy atom. The van der Waals surface area contributed by atoms with Crippen LogP contribution in [0.2, 0.25) is 0 Å². The molecule has 11 nitrogen and oxygen atoms in total. The molecule has 1 aromatic carbocycles. The summed E-state index contributed by atoms with van der Waals surface area (Å²) in [5, 5.41) is 13.1. The molecule has 0 spiro atoms. The molecule has 0 bridgehead atoms. The standard InChI is InChI=1S/C22H29FN10O/c1-3-16(17-5-4-9-25-17)30-22-32-20(27-12-14-8-10-26-19(24)28-14)31-21(33-22)29-13-6-7-18(34-2)15(23)11-13/h6-8,10-11,16-17,25H,3-5,9,12H2,1-2H3,(H2,24,26,28)(H3,27,29,30,31,32,33). The van der Waals surface area contributed by atoms with E-state index in [0.29, 0.717) is 35.9 Å². The molecule has 2 atom stereocenters. The van der Waals surface area contributed by atoms with Gasteiger partial charge in [-0.15, -0.1) is 0 Å². The molecule has 34 heavy (non-hydrogen) atoms. The third-order valence-electron chi connectivity index (χ3n) is 5.54. The lowest BCUT2D eigenvalue weighted by atomic mass is 10.0. The summed E-state index contributed by atoms with van der Waals surface area (Å²) >= 11 is 0. The van der Waals surface area contributed by atoms with Gasteiger partial charge in [0, 0.05) is 30.0 Å². The first kappa shape index (κ1) is 23.4. The van der Waals surface area contributed by atoms with Crippen molar-refractivity contribution in [1.82, 2.24) is 30.2 Å². The lowest BCUT2D eigenvalue weighted by Gasteiger charge is -2.24. The van der Waals surface area contributed by atoms with E-state index in [1.807, 2.05) is 0 Å². The minimum Gasteiger partial charge on any atom is -0.494 e. The lowest BCUT2D eigenvalue weighted by Crippen LogP contribution is -2.40. The van der Waals surface area contributed by atoms with Crippen LogP contribution in [0.3, 0.4) is 0 Å². The number of nitrogens with one attached hydrogen (secondary N) is 4. The van der Waals surface area contributed by atoms with Crippen LogP contribution in [0.4, 0.5) is 33.9 Å². The molecular weight excluding hydrogens is 439 g/mol. The highest BCUT2D eigenvalue weighted by molar-refractivity contribution is 5.57. The van der Waals surface area contributed by atoms with E-state index in [9.17, 15) is 4.39 Å². The van der Waals surface area contributed by atoms with Gasteiger partial charge in [-0.1, -0.05) is 6.92 Å². The average Bonchev–Trinajstić information content (AvgIpc) is 3.36. The summed E-state index contributed by atoms with van der Waals surface area (Å²) in [6.07, 6.45) is 4.72. The Morgan fingerprint density at radius 3 is 2.71 bits per heavy atom. The van der Waals surface area contributed by atoms with Gasteiger partial charge in [-0.25, -0.2) is 14.4 Å². The van der Waals surface area contributed by atoms with E-state index in [2.05, 4.69) is 53.1 Å². The van der Waals surface area contributed by atoms with Gasteiger partial charge in [-0.05, 0) is 44.0 Å². The number of nitrogen functional groups attached to an aromatic ring is 1. The topological polar surface area (TPSA) is 148 Å². The minimum atomic E-state index is -0.488. The van der Waals surface area contributed by atoms with Crippen molar-refractivity contribution in [3.63, 3.8) is 0 Å². The highest BCUT2D eigenvalue weighted by Crippen LogP contribution is 2.24. The highest BCUT2D eigenvalue weighted by atomic mass is 19.1. The molecule has 0 radical (unpaired) electrons. The molecular formula is C22H29FN10O. The normalized spacial score (nSPS) is 16.1. The monoisotopic (exact) mass is 468 g/mol. The Morgan fingerprint density at radius 2 is 2.00 bits per heavy atom. The Bertz CT molecular complexity index is 1110. The number of ether oxygens (including phenoxy) is 1. The van der Waals surface area contributed by atoms with Crippen LogP contribution in [-0.4, -0.2) is 50.7 Å². The van der Waals surface area contributed by atoms with Crippen molar-refractivity contribution in [3.05, 3.63) is 42.0 Å². The molecule has 6 N–H and O–H groups in total. The molecule has 4 rings (SSSR count). The molecule has 1 aliphatic rings. The third-order valence-corrected chi connectivity index (χ3v) is 5.54. The molecule has 3 aromatic rings. The maximum Gasteiger partial charge on any atom is 0.233 e. The van der Waals surface area contributed by atoms with Crippen molar-refractivity contribution in [2.75, 3.05) is 35.3 Å². The van der Waals surface area contributed by atoms with E-state index in [4.69, 9.17) is 10.5 Å². The Hall–Kier alpha value is -3.80. The number of methoxy groups -OCH3 is 1. The quantitative estimate of drug-likeness (QED) is 0.299. The number of anilines is 5. The van der Waals surface area contributed by atoms with E-state index >= 15 is 0 Å². The second kappa shape index (κ2) is 10.9. The summed E-state index contributed by atoms with van der Waals surface area (Å²) < 4.78 is 19.2. The molecule has 2 aromatic heterocycles. The van der Waals surface area contributed by atoms with Crippen molar-refractivity contribution in [3.8, 4) is 5.75 Å². The van der Waals surface area contributed by atoms with Crippen LogP contribution in [0.25, 0.3) is 0 Å². The van der Waals surface area contributed by atoms with Crippen molar-refractivity contribution in [2.45, 2.75) is 44.8 Å². The smallest absolute Gasteiger partial charge is 0.233 e. The van der Waals surface area contributed by atoms with Gasteiger partial charge >= 0.3 is 0 Å². The lowest BCUT2D eigenvalue weighted by molar-refractivity contribution is 0.386. The molecule has 2 unspecified atom stereocenters. The van der Waals surface area contributed by atoms with Crippen LogP contribution in [0, 0.1) is 5.82 Å². The largest absolute Gasteiger partial charge is 0.494 e. The summed E-state index contributed by atoms with van der Waals surface area (Å²) in [5.74, 6) is 0.872. The van der Waals surface area contributed by atoms with Crippen molar-refractivity contribution >= 4 is 29.5 Å². The first-order valence-corrected chi connectivity index (χ1v) is 11.2. The number of benzene rings is 1. The fourth-order valence-electron chi connectivity index (χ4n) is 3.84. The number of rotatable bonds is 10. The van der Waals surface area contributed by atoms with Crippen LogP contribution in [-0.2, 0) is 6.54 Å². The van der Waals surface area contributed by atoms with Crippen LogP contribution < -0.4 is 31.7 Å². The van der Waals surface area contributed by atoms with E-state index in [0.717, 1.165) is 25.8 Å². The maximum atomic E-state index is 14.2. The predicted octanol–water partition coefficient (Wildman–Crippen LogP) is 2.69. The number of hydrogen-bond donors (Lipinski definition) is 5. The Kier molecular flexibility index (Phi) is 7.48. The SMILES string of the molecule is CCC(Nc1nc(NCc2ccnc(N)n2)nc(Nc2ccc(OC)c(F)c2)n1)C1CCCN1. The molecule has 1 saturated heterocycles. The molecule has 0 amide bonds. The molecule has 12 heteroatoms. The first-order chi connectivity index (χ1) is 16.5. The van der Waals surface area contributed by atoms with Gasteiger partial charge in [0.25, 0.3) is 0 Å². The van der Waals surface area contributed by atoms with Gasteiger partial charge < -0.3 is 31.7 Å². The average molecular weight is 469 g/mol. The molecule has 0 aliphatic carbocycles. The third kappa shape index (κ3) is 5.95. The van der Waals surface area contributed by atoms with Gasteiger partial charge in [-0.2, -0.15) is 15.0 Å². The number of hydrogen-bond acceptors (Lipinski definition) is 11. The fourth-order valence-corrected chi connectivity index (χ4v) is 3.84. The second-order valence-electron chi connectivity index (χ2n) is 7.90. The summed E-state index contributed by atoms with van der Waals surface area (Å²) in [5.41, 5.74) is 6.84. The molecule has 3 heterocycles. The fraction of sp³-hybridized carbons (Fsp3) is 0.409. The second-order valence-corrected chi connectivity index (χ2v) is 7.90. The summed E-state index contributed by atoms with van der Waals surface area (Å²) in [6, 6.07) is 6.80. The zero-order valence-electron chi connectivity index (χ0n) is 19.2. The molecule has 0 saturated carbocycles. The van der Waals surface area contributed by atoms with Crippen LogP contribution in [0.15, 0.2) is 30.5 Å². The first-order valence-electron chi connectivity index (χ1n) is 11.2. The maximum absolute atomic E-state index is 14.2. The summed E-state index contributed by atoms with van der Waals surface area (Å²) in [7, 11) is 1.42. The highest BCUT2D eigenvalue weighted by Gasteiger charge is 2.24. The van der Waals surface area contributed by atoms with Crippen molar-refractivity contribution in [2.24, 2.45) is 0 Å². The van der Waals surface area contributed by atoms with E-state index in [1.54, 1.807) is 18.3 Å². The van der Waals surface area contributed by atoms with E-state index in [-0.39, 0.29) is 23.7 Å². The van der Waals surface area contributed by atoms with Crippen LogP contribution >= 0.6 is 0 Å². The van der Waals surface area contributed by atoms with E-state index in [1.165, 1.54) is 19.2 Å². The Balaban J connectivity index is 1.57. The molecule has 180 valence electrons. The number of nitrogens with two attached hydrogens (primary N) is 1. The summed E-state index contributed by atoms with van der Waals surface area (Å²) in [4.78, 5) is 21.6. The molecule has 1 aliphatic heterocycles. The van der Waals surface area contributed by atoms with Gasteiger partial charge in [0.15, 0.2) is 11.6 Å². The zero-order valence-corrected chi connectivity index (χ0v) is 19.2. The number of halogens is 1. The molecule has 1 fully saturated rings. The van der Waals surface area contributed by atoms with Gasteiger partial charge in [0.1, 0.15) is 0 Å². The van der Waals surface area contributed by atoms with Gasteiger partial charge in [-0.3, -0.25) is 0 Å². The van der Waals surface area contributed by atoms with Crippen LogP contribution in [0.5, 0.6) is 5.75 Å².